The maximum atomic E-state index is 12.7. The maximum absolute atomic E-state index is 12.7. The Labute approximate surface area is 128 Å². The van der Waals surface area contributed by atoms with E-state index in [0.29, 0.717) is 19.6 Å². The van der Waals surface area contributed by atoms with Gasteiger partial charge in [0.05, 0.1) is 0 Å². The van der Waals surface area contributed by atoms with Crippen molar-refractivity contribution in [1.29, 1.82) is 0 Å². The van der Waals surface area contributed by atoms with Crippen molar-refractivity contribution in [1.82, 2.24) is 14.6 Å². The average Bonchev–Trinajstić information content (AvgIpc) is 2.38. The topological polar surface area (TPSA) is 62.3 Å². The summed E-state index contributed by atoms with van der Waals surface area (Å²) >= 11 is 0. The molecule has 0 aliphatic heterocycles. The fraction of sp³-hybridized carbons (Fsp3) is 0.667. The van der Waals surface area contributed by atoms with Crippen LogP contribution in [0.4, 0.5) is 0 Å². The van der Waals surface area contributed by atoms with E-state index in [0.717, 1.165) is 5.56 Å². The monoisotopic (exact) mass is 313 g/mol. The molecule has 120 valence electrons. The van der Waals surface area contributed by atoms with Crippen LogP contribution in [0, 0.1) is 11.8 Å². The third-order valence-electron chi connectivity index (χ3n) is 2.92. The van der Waals surface area contributed by atoms with Crippen LogP contribution in [0.15, 0.2) is 23.4 Å². The molecule has 0 spiro atoms. The van der Waals surface area contributed by atoms with Crippen LogP contribution in [0.3, 0.4) is 0 Å². The summed E-state index contributed by atoms with van der Waals surface area (Å²) in [6, 6.07) is 3.40. The summed E-state index contributed by atoms with van der Waals surface area (Å²) in [6.45, 7) is 9.78. The quantitative estimate of drug-likeness (QED) is 0.798. The van der Waals surface area contributed by atoms with Crippen LogP contribution in [0.5, 0.6) is 0 Å². The number of hydrogen-bond acceptors (Lipinski definition) is 4. The number of hydrogen-bond donors (Lipinski definition) is 1. The Morgan fingerprint density at radius 1 is 1.14 bits per heavy atom. The first-order chi connectivity index (χ1) is 9.77. The lowest BCUT2D eigenvalue weighted by molar-refractivity contribution is 0.332. The normalized spacial score (nSPS) is 12.6. The minimum Gasteiger partial charge on any atom is -0.316 e. The number of aromatic nitrogens is 1. The van der Waals surface area contributed by atoms with Gasteiger partial charge in [0.1, 0.15) is 0 Å². The summed E-state index contributed by atoms with van der Waals surface area (Å²) in [6.07, 6.45) is 1.62. The third-order valence-corrected chi connectivity index (χ3v) is 4.67. The maximum Gasteiger partial charge on any atom is 0.260 e. The molecule has 0 bridgehead atoms. The van der Waals surface area contributed by atoms with Crippen LogP contribution < -0.4 is 5.32 Å². The van der Waals surface area contributed by atoms with Gasteiger partial charge in [-0.15, -0.1) is 0 Å². The highest BCUT2D eigenvalue weighted by Gasteiger charge is 2.26. The van der Waals surface area contributed by atoms with Crippen molar-refractivity contribution < 1.29 is 8.42 Å². The lowest BCUT2D eigenvalue weighted by Crippen LogP contribution is -2.37. The molecule has 5 nitrogen and oxygen atoms in total. The van der Waals surface area contributed by atoms with Gasteiger partial charge in [-0.05, 0) is 30.5 Å². The summed E-state index contributed by atoms with van der Waals surface area (Å²) in [4.78, 5) is 4.13. The van der Waals surface area contributed by atoms with E-state index < -0.39 is 10.0 Å². The third kappa shape index (κ3) is 5.37. The molecule has 21 heavy (non-hydrogen) atoms. The Bertz CT molecular complexity index is 514. The molecule has 0 saturated carbocycles. The lowest BCUT2D eigenvalue weighted by Gasteiger charge is -2.25. The summed E-state index contributed by atoms with van der Waals surface area (Å²) in [5.74, 6) is 0.559. The predicted molar refractivity (Wildman–Crippen MR) is 85.4 cm³/mol. The van der Waals surface area contributed by atoms with E-state index in [1.54, 1.807) is 22.6 Å². The van der Waals surface area contributed by atoms with Gasteiger partial charge in [-0.1, -0.05) is 33.8 Å². The van der Waals surface area contributed by atoms with Crippen molar-refractivity contribution in [2.45, 2.75) is 39.3 Å². The van der Waals surface area contributed by atoms with Crippen LogP contribution in [-0.4, -0.2) is 37.8 Å². The van der Waals surface area contributed by atoms with Crippen molar-refractivity contribution in [3.63, 3.8) is 0 Å². The Morgan fingerprint density at radius 3 is 2.10 bits per heavy atom. The minimum absolute atomic E-state index is 0.128. The summed E-state index contributed by atoms with van der Waals surface area (Å²) in [5, 5.41) is 3.15. The van der Waals surface area contributed by atoms with Crippen molar-refractivity contribution in [3.05, 3.63) is 23.9 Å². The molecule has 1 aromatic heterocycles. The van der Waals surface area contributed by atoms with Gasteiger partial charge in [0.2, 0.25) is 0 Å². The van der Waals surface area contributed by atoms with Crippen molar-refractivity contribution in [3.8, 4) is 0 Å². The van der Waals surface area contributed by atoms with Crippen molar-refractivity contribution >= 4 is 10.0 Å². The van der Waals surface area contributed by atoms with Crippen molar-refractivity contribution in [2.75, 3.05) is 20.1 Å². The predicted octanol–water partition coefficient (Wildman–Crippen LogP) is 2.10. The van der Waals surface area contributed by atoms with Gasteiger partial charge >= 0.3 is 0 Å². The molecule has 0 radical (unpaired) electrons. The molecule has 0 aromatic carbocycles. The number of rotatable bonds is 8. The van der Waals surface area contributed by atoms with Gasteiger partial charge < -0.3 is 5.32 Å². The first-order valence-electron chi connectivity index (χ1n) is 7.37. The first kappa shape index (κ1) is 18.1. The van der Waals surface area contributed by atoms with E-state index in [-0.39, 0.29) is 16.9 Å². The second kappa shape index (κ2) is 7.87. The molecule has 6 heteroatoms. The zero-order valence-corrected chi connectivity index (χ0v) is 14.4. The smallest absolute Gasteiger partial charge is 0.260 e. The molecule has 1 heterocycles. The van der Waals surface area contributed by atoms with Gasteiger partial charge in [-0.25, -0.2) is 13.4 Å². The molecule has 0 fully saturated rings. The minimum atomic E-state index is -3.52. The molecule has 0 aliphatic carbocycles. The summed E-state index contributed by atoms with van der Waals surface area (Å²) < 4.78 is 27.0. The van der Waals surface area contributed by atoms with Gasteiger partial charge in [0.25, 0.3) is 10.0 Å². The number of pyridine rings is 1. The zero-order chi connectivity index (χ0) is 16.0. The first-order valence-corrected chi connectivity index (χ1v) is 8.81. The van der Waals surface area contributed by atoms with Gasteiger partial charge in [-0.2, -0.15) is 4.31 Å². The standard InChI is InChI=1S/C15H27N3O2S/c1-12(2)10-18(11-13(3)4)21(19,20)15-7-6-14(8-16-5)9-17-15/h6-7,9,12-13,16H,8,10-11H2,1-5H3. The second-order valence-corrected chi connectivity index (χ2v) is 8.03. The average molecular weight is 313 g/mol. The summed E-state index contributed by atoms with van der Waals surface area (Å²) in [7, 11) is -1.68. The molecule has 1 rings (SSSR count). The van der Waals surface area contributed by atoms with Crippen LogP contribution in [0.25, 0.3) is 0 Å². The highest BCUT2D eigenvalue weighted by Crippen LogP contribution is 2.17. The molecule has 0 aliphatic rings. The number of sulfonamides is 1. The molecule has 0 saturated heterocycles. The van der Waals surface area contributed by atoms with E-state index in [2.05, 4.69) is 10.3 Å². The second-order valence-electron chi connectivity index (χ2n) is 6.14. The fourth-order valence-corrected chi connectivity index (χ4v) is 3.77. The van der Waals surface area contributed by atoms with Crippen LogP contribution in [0.1, 0.15) is 33.3 Å². The Kier molecular flexibility index (Phi) is 6.77. The molecule has 0 amide bonds. The lowest BCUT2D eigenvalue weighted by atomic mass is 10.2. The van der Waals surface area contributed by atoms with E-state index in [1.807, 2.05) is 34.7 Å². The Balaban J connectivity index is 3.03. The fourth-order valence-electron chi connectivity index (χ4n) is 2.09. The van der Waals surface area contributed by atoms with Crippen LogP contribution in [-0.2, 0) is 16.6 Å². The summed E-state index contributed by atoms with van der Waals surface area (Å²) in [5.41, 5.74) is 0.968. The molecular weight excluding hydrogens is 286 g/mol. The van der Waals surface area contributed by atoms with E-state index in [4.69, 9.17) is 0 Å². The Hall–Kier alpha value is -0.980. The van der Waals surface area contributed by atoms with Crippen molar-refractivity contribution in [2.24, 2.45) is 11.8 Å². The number of nitrogens with one attached hydrogen (secondary N) is 1. The molecule has 1 aromatic rings. The van der Waals surface area contributed by atoms with E-state index in [9.17, 15) is 8.42 Å². The van der Waals surface area contributed by atoms with Gasteiger partial charge in [0, 0.05) is 25.8 Å². The van der Waals surface area contributed by atoms with E-state index >= 15 is 0 Å². The highest BCUT2D eigenvalue weighted by molar-refractivity contribution is 7.89. The Morgan fingerprint density at radius 2 is 1.71 bits per heavy atom. The highest BCUT2D eigenvalue weighted by atomic mass is 32.2. The number of nitrogens with zero attached hydrogens (tertiary/aromatic N) is 2. The zero-order valence-electron chi connectivity index (χ0n) is 13.6. The molecular formula is C15H27N3O2S. The molecule has 1 N–H and O–H groups in total. The van der Waals surface area contributed by atoms with Gasteiger partial charge in [-0.3, -0.25) is 0 Å². The van der Waals surface area contributed by atoms with E-state index in [1.165, 1.54) is 0 Å². The molecule has 0 unspecified atom stereocenters. The van der Waals surface area contributed by atoms with Crippen LogP contribution in [0.2, 0.25) is 0 Å². The molecule has 0 atom stereocenters. The van der Waals surface area contributed by atoms with Crippen LogP contribution >= 0.6 is 0 Å². The largest absolute Gasteiger partial charge is 0.316 e. The van der Waals surface area contributed by atoms with Gasteiger partial charge in [0.15, 0.2) is 5.03 Å². The SMILES string of the molecule is CNCc1ccc(S(=O)(=O)N(CC(C)C)CC(C)C)nc1.